The van der Waals surface area contributed by atoms with E-state index in [1.807, 2.05) is 6.07 Å². The Morgan fingerprint density at radius 2 is 2.06 bits per heavy atom. The van der Waals surface area contributed by atoms with Crippen molar-refractivity contribution < 1.29 is 9.15 Å². The standard InChI is InChI=1S/C11H12BrN3O2/c12-8-5-7(13)6-9-10(8)14-11(17-9)15-1-3-16-4-2-15/h5-6H,1-4,13H2. The minimum Gasteiger partial charge on any atom is -0.423 e. The van der Waals surface area contributed by atoms with Crippen LogP contribution in [0.1, 0.15) is 0 Å². The molecule has 0 bridgehead atoms. The minimum absolute atomic E-state index is 0.634. The van der Waals surface area contributed by atoms with Crippen LogP contribution >= 0.6 is 15.9 Å². The van der Waals surface area contributed by atoms with Gasteiger partial charge in [-0.3, -0.25) is 0 Å². The van der Waals surface area contributed by atoms with Crippen molar-refractivity contribution in [3.05, 3.63) is 16.6 Å². The van der Waals surface area contributed by atoms with E-state index < -0.39 is 0 Å². The zero-order chi connectivity index (χ0) is 11.8. The van der Waals surface area contributed by atoms with Gasteiger partial charge in [-0.1, -0.05) is 0 Å². The van der Waals surface area contributed by atoms with Crippen molar-refractivity contribution in [2.75, 3.05) is 36.9 Å². The van der Waals surface area contributed by atoms with E-state index in [1.165, 1.54) is 0 Å². The molecule has 17 heavy (non-hydrogen) atoms. The number of rotatable bonds is 1. The lowest BCUT2D eigenvalue weighted by atomic mass is 10.3. The first kappa shape index (κ1) is 10.9. The topological polar surface area (TPSA) is 64.5 Å². The number of benzene rings is 1. The van der Waals surface area contributed by atoms with Crippen molar-refractivity contribution in [1.82, 2.24) is 4.98 Å². The largest absolute Gasteiger partial charge is 0.423 e. The molecule has 0 unspecified atom stereocenters. The van der Waals surface area contributed by atoms with E-state index in [1.54, 1.807) is 6.07 Å². The van der Waals surface area contributed by atoms with Crippen LogP contribution in [0.15, 0.2) is 21.0 Å². The molecule has 3 rings (SSSR count). The molecule has 1 aliphatic heterocycles. The summed E-state index contributed by atoms with van der Waals surface area (Å²) in [5, 5.41) is 0. The van der Waals surface area contributed by atoms with Gasteiger partial charge in [-0.2, -0.15) is 4.98 Å². The average molecular weight is 298 g/mol. The van der Waals surface area contributed by atoms with E-state index in [9.17, 15) is 0 Å². The Kier molecular flexibility index (Phi) is 2.68. The van der Waals surface area contributed by atoms with Crippen molar-refractivity contribution in [1.29, 1.82) is 0 Å². The average Bonchev–Trinajstić information content (AvgIpc) is 2.74. The maximum atomic E-state index is 5.76. The number of nitrogens with two attached hydrogens (primary N) is 1. The lowest BCUT2D eigenvalue weighted by Crippen LogP contribution is -2.36. The fraction of sp³-hybridized carbons (Fsp3) is 0.364. The Hall–Kier alpha value is -1.27. The summed E-state index contributed by atoms with van der Waals surface area (Å²) < 4.78 is 11.9. The van der Waals surface area contributed by atoms with Crippen LogP contribution in [0.5, 0.6) is 0 Å². The first-order valence-corrected chi connectivity index (χ1v) is 6.21. The fourth-order valence-corrected chi connectivity index (χ4v) is 2.44. The highest BCUT2D eigenvalue weighted by Gasteiger charge is 2.18. The Morgan fingerprint density at radius 1 is 1.29 bits per heavy atom. The lowest BCUT2D eigenvalue weighted by Gasteiger charge is -2.24. The van der Waals surface area contributed by atoms with E-state index in [0.29, 0.717) is 30.5 Å². The number of nitrogens with zero attached hydrogens (tertiary/aromatic N) is 2. The molecule has 1 aromatic carbocycles. The van der Waals surface area contributed by atoms with Crippen LogP contribution < -0.4 is 10.6 Å². The van der Waals surface area contributed by atoms with Crippen LogP contribution in [0.2, 0.25) is 0 Å². The molecule has 2 aromatic rings. The Bertz CT molecular complexity index is 549. The zero-order valence-electron chi connectivity index (χ0n) is 9.15. The van der Waals surface area contributed by atoms with Gasteiger partial charge in [0.2, 0.25) is 0 Å². The van der Waals surface area contributed by atoms with Gasteiger partial charge in [-0.25, -0.2) is 0 Å². The molecule has 1 saturated heterocycles. The summed E-state index contributed by atoms with van der Waals surface area (Å²) in [6.45, 7) is 3.03. The number of anilines is 2. The number of hydrogen-bond acceptors (Lipinski definition) is 5. The molecule has 5 nitrogen and oxygen atoms in total. The summed E-state index contributed by atoms with van der Waals surface area (Å²) in [7, 11) is 0. The molecule has 0 atom stereocenters. The molecule has 6 heteroatoms. The molecule has 1 aromatic heterocycles. The molecule has 1 aliphatic rings. The maximum Gasteiger partial charge on any atom is 0.298 e. The van der Waals surface area contributed by atoms with Crippen molar-refractivity contribution in [2.24, 2.45) is 0 Å². The number of morpholine rings is 1. The molecule has 0 aliphatic carbocycles. The monoisotopic (exact) mass is 297 g/mol. The van der Waals surface area contributed by atoms with Crippen molar-refractivity contribution in [3.63, 3.8) is 0 Å². The van der Waals surface area contributed by atoms with Crippen LogP contribution in [0.4, 0.5) is 11.7 Å². The molecular formula is C11H12BrN3O2. The predicted molar refractivity (Wildman–Crippen MR) is 69.2 cm³/mol. The van der Waals surface area contributed by atoms with E-state index in [2.05, 4.69) is 25.8 Å². The van der Waals surface area contributed by atoms with Crippen LogP contribution in [-0.2, 0) is 4.74 Å². The third kappa shape index (κ3) is 1.98. The van der Waals surface area contributed by atoms with Gasteiger partial charge in [0.15, 0.2) is 5.58 Å². The highest BCUT2D eigenvalue weighted by atomic mass is 79.9. The van der Waals surface area contributed by atoms with Crippen molar-refractivity contribution in [3.8, 4) is 0 Å². The predicted octanol–water partition coefficient (Wildman–Crippen LogP) is 2.01. The Balaban J connectivity index is 2.03. The Labute approximate surface area is 107 Å². The summed E-state index contributed by atoms with van der Waals surface area (Å²) >= 11 is 3.44. The van der Waals surface area contributed by atoms with Crippen molar-refractivity contribution in [2.45, 2.75) is 0 Å². The lowest BCUT2D eigenvalue weighted by molar-refractivity contribution is 0.120. The van der Waals surface area contributed by atoms with Crippen LogP contribution in [0, 0.1) is 0 Å². The smallest absolute Gasteiger partial charge is 0.298 e. The van der Waals surface area contributed by atoms with E-state index >= 15 is 0 Å². The van der Waals surface area contributed by atoms with Gasteiger partial charge in [0.25, 0.3) is 6.01 Å². The van der Waals surface area contributed by atoms with Gasteiger partial charge in [-0.05, 0) is 22.0 Å². The second-order valence-electron chi connectivity index (χ2n) is 3.95. The number of oxazole rings is 1. The van der Waals surface area contributed by atoms with Gasteiger partial charge in [-0.15, -0.1) is 0 Å². The second-order valence-corrected chi connectivity index (χ2v) is 4.80. The number of halogens is 1. The third-order valence-corrected chi connectivity index (χ3v) is 3.35. The van der Waals surface area contributed by atoms with Crippen LogP contribution in [-0.4, -0.2) is 31.3 Å². The highest BCUT2D eigenvalue weighted by molar-refractivity contribution is 9.10. The number of nitrogen functional groups attached to an aromatic ring is 1. The Morgan fingerprint density at radius 3 is 2.82 bits per heavy atom. The van der Waals surface area contributed by atoms with Crippen LogP contribution in [0.3, 0.4) is 0 Å². The molecular weight excluding hydrogens is 286 g/mol. The zero-order valence-corrected chi connectivity index (χ0v) is 10.7. The summed E-state index contributed by atoms with van der Waals surface area (Å²) in [6, 6.07) is 4.25. The molecule has 2 heterocycles. The maximum absolute atomic E-state index is 5.76. The molecule has 0 radical (unpaired) electrons. The number of aromatic nitrogens is 1. The van der Waals surface area contributed by atoms with E-state index in [0.717, 1.165) is 23.1 Å². The quantitative estimate of drug-likeness (QED) is 0.816. The molecule has 2 N–H and O–H groups in total. The molecule has 0 saturated carbocycles. The first-order chi connectivity index (χ1) is 8.24. The summed E-state index contributed by atoms with van der Waals surface area (Å²) in [5.74, 6) is 0. The highest BCUT2D eigenvalue weighted by Crippen LogP contribution is 2.30. The summed E-state index contributed by atoms with van der Waals surface area (Å²) in [4.78, 5) is 6.55. The molecule has 0 spiro atoms. The number of fused-ring (bicyclic) bond motifs is 1. The van der Waals surface area contributed by atoms with Gasteiger partial charge >= 0.3 is 0 Å². The van der Waals surface area contributed by atoms with E-state index in [4.69, 9.17) is 14.9 Å². The molecule has 1 fully saturated rings. The summed E-state index contributed by atoms with van der Waals surface area (Å²) in [6.07, 6.45) is 0. The molecule has 0 amide bonds. The SMILES string of the molecule is Nc1cc(Br)c2nc(N3CCOCC3)oc2c1. The van der Waals surface area contributed by atoms with Gasteiger partial charge in [0.1, 0.15) is 5.52 Å². The van der Waals surface area contributed by atoms with Gasteiger partial charge < -0.3 is 19.8 Å². The third-order valence-electron chi connectivity index (χ3n) is 2.74. The minimum atomic E-state index is 0.634. The van der Waals surface area contributed by atoms with Crippen LogP contribution in [0.25, 0.3) is 11.1 Å². The number of ether oxygens (including phenoxy) is 1. The second kappa shape index (κ2) is 4.19. The fourth-order valence-electron chi connectivity index (χ4n) is 1.89. The normalized spacial score (nSPS) is 16.6. The number of hydrogen-bond donors (Lipinski definition) is 1. The van der Waals surface area contributed by atoms with Gasteiger partial charge in [0.05, 0.1) is 13.2 Å². The van der Waals surface area contributed by atoms with Crippen molar-refractivity contribution >= 4 is 38.7 Å². The van der Waals surface area contributed by atoms with E-state index in [-0.39, 0.29) is 0 Å². The molecule has 90 valence electrons. The van der Waals surface area contributed by atoms with Gasteiger partial charge in [0, 0.05) is 29.3 Å². The summed E-state index contributed by atoms with van der Waals surface area (Å²) in [5.41, 5.74) is 7.94. The first-order valence-electron chi connectivity index (χ1n) is 5.42.